The Labute approximate surface area is 122 Å². The van der Waals surface area contributed by atoms with Crippen molar-refractivity contribution in [2.75, 3.05) is 6.61 Å². The molecule has 0 aromatic carbocycles. The summed E-state index contributed by atoms with van der Waals surface area (Å²) in [6.45, 7) is 3.61. The number of carbonyl (C=O) groups is 1. The van der Waals surface area contributed by atoms with Crippen LogP contribution in [0.15, 0.2) is 12.2 Å². The normalized spacial score (nSPS) is 16.0. The molecular formula is C10H13F6NO4S. The van der Waals surface area contributed by atoms with Crippen molar-refractivity contribution in [1.29, 1.82) is 0 Å². The van der Waals surface area contributed by atoms with Gasteiger partial charge in [-0.1, -0.05) is 13.5 Å². The predicted octanol–water partition coefficient (Wildman–Crippen LogP) is 2.26. The summed E-state index contributed by atoms with van der Waals surface area (Å²) in [6.07, 6.45) is -5.35. The second-order valence-corrected chi connectivity index (χ2v) is 6.19. The Morgan fingerprint density at radius 3 is 1.95 bits per heavy atom. The predicted molar refractivity (Wildman–Crippen MR) is 63.0 cm³/mol. The van der Waals surface area contributed by atoms with Crippen molar-refractivity contribution >= 4 is 16.0 Å². The summed E-state index contributed by atoms with van der Waals surface area (Å²) >= 11 is 0. The molecular weight excluding hydrogens is 344 g/mol. The topological polar surface area (TPSA) is 72.5 Å². The van der Waals surface area contributed by atoms with E-state index in [2.05, 4.69) is 11.3 Å². The fourth-order valence-electron chi connectivity index (χ4n) is 1.01. The summed E-state index contributed by atoms with van der Waals surface area (Å²) < 4.78 is 101. The van der Waals surface area contributed by atoms with Crippen LogP contribution < -0.4 is 4.72 Å². The van der Waals surface area contributed by atoms with Crippen LogP contribution in [0.5, 0.6) is 0 Å². The number of sulfonamides is 1. The third-order valence-electron chi connectivity index (χ3n) is 2.58. The number of hydrogen-bond acceptors (Lipinski definition) is 4. The van der Waals surface area contributed by atoms with Gasteiger partial charge in [0, 0.05) is 0 Å². The second-order valence-electron chi connectivity index (χ2n) is 4.52. The number of hydrogen-bond donors (Lipinski definition) is 1. The van der Waals surface area contributed by atoms with E-state index in [0.29, 0.717) is 0 Å². The van der Waals surface area contributed by atoms with Gasteiger partial charge in [0.05, 0.1) is 5.54 Å². The van der Waals surface area contributed by atoms with Gasteiger partial charge in [0.15, 0.2) is 0 Å². The smallest absolute Gasteiger partial charge is 0.460 e. The zero-order valence-electron chi connectivity index (χ0n) is 11.4. The van der Waals surface area contributed by atoms with Crippen LogP contribution >= 0.6 is 0 Å². The minimum atomic E-state index is -5.75. The molecule has 0 aromatic heterocycles. The van der Waals surface area contributed by atoms with Gasteiger partial charge in [-0.15, -0.1) is 0 Å². The van der Waals surface area contributed by atoms with E-state index in [1.165, 1.54) is 11.6 Å². The van der Waals surface area contributed by atoms with Crippen LogP contribution in [0.3, 0.4) is 0 Å². The van der Waals surface area contributed by atoms with Crippen LogP contribution in [0.25, 0.3) is 0 Å². The number of esters is 1. The zero-order chi connectivity index (χ0) is 18.0. The minimum Gasteiger partial charge on any atom is -0.460 e. The first-order valence-electron chi connectivity index (χ1n) is 5.59. The first-order chi connectivity index (χ1) is 9.56. The second kappa shape index (κ2) is 6.44. The Balaban J connectivity index is 5.01. The molecule has 0 aliphatic rings. The minimum absolute atomic E-state index is 0.284. The molecule has 12 heteroatoms. The summed E-state index contributed by atoms with van der Waals surface area (Å²) in [7, 11) is -5.75. The van der Waals surface area contributed by atoms with Gasteiger partial charge >= 0.3 is 27.7 Å². The number of carbonyl (C=O) groups excluding carboxylic acids is 1. The highest BCUT2D eigenvalue weighted by Gasteiger charge is 2.49. The fourth-order valence-corrected chi connectivity index (χ4v) is 1.98. The van der Waals surface area contributed by atoms with E-state index in [9.17, 15) is 39.6 Å². The molecule has 0 radical (unpaired) electrons. The van der Waals surface area contributed by atoms with Crippen molar-refractivity contribution in [3.63, 3.8) is 0 Å². The fraction of sp³-hybridized carbons (Fsp3) is 0.700. The standard InChI is InChI=1S/C10H13F6NO4S/c1-4-8(3,17-22(19,20)10(14,15)16)5-21-7(18)6(2)9(11,12)13/h17H,2,4-5H2,1,3H3. The van der Waals surface area contributed by atoms with Crippen LogP contribution in [-0.4, -0.2) is 38.2 Å². The van der Waals surface area contributed by atoms with Crippen LogP contribution in [0, 0.1) is 0 Å². The molecule has 0 bridgehead atoms. The summed E-state index contributed by atoms with van der Waals surface area (Å²) in [5.41, 5.74) is -9.40. The highest BCUT2D eigenvalue weighted by molar-refractivity contribution is 7.90. The van der Waals surface area contributed by atoms with Crippen molar-refractivity contribution in [3.05, 3.63) is 12.2 Å². The van der Waals surface area contributed by atoms with Gasteiger partial charge < -0.3 is 4.74 Å². The Morgan fingerprint density at radius 1 is 1.18 bits per heavy atom. The molecule has 0 spiro atoms. The summed E-state index contributed by atoms with van der Waals surface area (Å²) in [5, 5.41) is 0. The number of ether oxygens (including phenoxy) is 1. The highest BCUT2D eigenvalue weighted by atomic mass is 32.2. The molecule has 0 saturated heterocycles. The lowest BCUT2D eigenvalue weighted by Gasteiger charge is -2.29. The van der Waals surface area contributed by atoms with Gasteiger partial charge in [0.25, 0.3) is 0 Å². The molecule has 0 amide bonds. The van der Waals surface area contributed by atoms with E-state index in [1.807, 2.05) is 0 Å². The quantitative estimate of drug-likeness (QED) is 0.450. The van der Waals surface area contributed by atoms with Crippen LogP contribution in [0.4, 0.5) is 26.3 Å². The molecule has 1 N–H and O–H groups in total. The molecule has 5 nitrogen and oxygen atoms in total. The van der Waals surface area contributed by atoms with E-state index >= 15 is 0 Å². The van der Waals surface area contributed by atoms with Crippen molar-refractivity contribution < 1.29 is 44.3 Å². The summed E-state index contributed by atoms with van der Waals surface area (Å²) in [5.74, 6) is -1.90. The van der Waals surface area contributed by atoms with Gasteiger partial charge in [-0.25, -0.2) is 13.2 Å². The van der Waals surface area contributed by atoms with E-state index in [-0.39, 0.29) is 6.42 Å². The van der Waals surface area contributed by atoms with Gasteiger partial charge in [0.1, 0.15) is 12.2 Å². The maximum Gasteiger partial charge on any atom is 0.511 e. The highest BCUT2D eigenvalue weighted by Crippen LogP contribution is 2.27. The molecule has 0 rings (SSSR count). The van der Waals surface area contributed by atoms with Crippen molar-refractivity contribution in [1.82, 2.24) is 4.72 Å². The summed E-state index contributed by atoms with van der Waals surface area (Å²) in [4.78, 5) is 11.1. The number of alkyl halides is 6. The number of nitrogens with one attached hydrogen (secondary N) is 1. The third-order valence-corrected chi connectivity index (χ3v) is 3.95. The Kier molecular flexibility index (Phi) is 6.06. The molecule has 1 atom stereocenters. The van der Waals surface area contributed by atoms with Gasteiger partial charge in [0.2, 0.25) is 0 Å². The SMILES string of the molecule is C=C(C(=O)OCC(C)(CC)NS(=O)(=O)C(F)(F)F)C(F)(F)F. The van der Waals surface area contributed by atoms with Gasteiger partial charge in [-0.3, -0.25) is 0 Å². The molecule has 0 heterocycles. The molecule has 0 saturated carbocycles. The summed E-state index contributed by atoms with van der Waals surface area (Å²) in [6, 6.07) is 0. The molecule has 22 heavy (non-hydrogen) atoms. The van der Waals surface area contributed by atoms with Crippen LogP contribution in [-0.2, 0) is 19.6 Å². The number of halogens is 6. The van der Waals surface area contributed by atoms with Crippen LogP contribution in [0.1, 0.15) is 20.3 Å². The molecule has 0 aliphatic heterocycles. The van der Waals surface area contributed by atoms with Crippen molar-refractivity contribution in [2.24, 2.45) is 0 Å². The van der Waals surface area contributed by atoms with E-state index < -0.39 is 45.4 Å². The van der Waals surface area contributed by atoms with E-state index in [4.69, 9.17) is 0 Å². The van der Waals surface area contributed by atoms with Gasteiger partial charge in [-0.05, 0) is 13.3 Å². The van der Waals surface area contributed by atoms with Crippen molar-refractivity contribution in [3.8, 4) is 0 Å². The molecule has 1 unspecified atom stereocenters. The Morgan fingerprint density at radius 2 is 1.64 bits per heavy atom. The third kappa shape index (κ3) is 5.48. The van der Waals surface area contributed by atoms with E-state index in [1.54, 1.807) is 0 Å². The molecule has 130 valence electrons. The maximum atomic E-state index is 12.3. The van der Waals surface area contributed by atoms with Gasteiger partial charge in [-0.2, -0.15) is 31.1 Å². The zero-order valence-corrected chi connectivity index (χ0v) is 12.2. The molecule has 0 fully saturated rings. The average Bonchev–Trinajstić information content (AvgIpc) is 2.32. The van der Waals surface area contributed by atoms with Crippen LogP contribution in [0.2, 0.25) is 0 Å². The monoisotopic (exact) mass is 357 g/mol. The number of rotatable bonds is 6. The first kappa shape index (κ1) is 20.7. The lowest BCUT2D eigenvalue weighted by molar-refractivity contribution is -0.152. The first-order valence-corrected chi connectivity index (χ1v) is 7.07. The van der Waals surface area contributed by atoms with Crippen molar-refractivity contribution in [2.45, 2.75) is 37.5 Å². The molecule has 0 aromatic rings. The largest absolute Gasteiger partial charge is 0.511 e. The van der Waals surface area contributed by atoms with E-state index in [0.717, 1.165) is 6.92 Å². The average molecular weight is 357 g/mol. The molecule has 0 aliphatic carbocycles. The Bertz CT molecular complexity index is 539. The Hall–Kier alpha value is -1.30. The maximum absolute atomic E-state index is 12.3. The lowest BCUT2D eigenvalue weighted by atomic mass is 10.0. The lowest BCUT2D eigenvalue weighted by Crippen LogP contribution is -2.53.